The van der Waals surface area contributed by atoms with Crippen LogP contribution in [-0.4, -0.2) is 16.2 Å². The first-order chi connectivity index (χ1) is 7.05. The van der Waals surface area contributed by atoms with Crippen molar-refractivity contribution in [3.8, 4) is 0 Å². The fourth-order valence-electron chi connectivity index (χ4n) is 2.32. The van der Waals surface area contributed by atoms with Gasteiger partial charge in [0.15, 0.2) is 0 Å². The van der Waals surface area contributed by atoms with Crippen molar-refractivity contribution in [1.82, 2.24) is 4.98 Å². The number of hydrogen-bond acceptors (Lipinski definition) is 3. The molecule has 1 heterocycles. The molecule has 0 spiro atoms. The van der Waals surface area contributed by atoms with Crippen LogP contribution in [0.3, 0.4) is 0 Å². The fourth-order valence-corrected chi connectivity index (χ4v) is 2.97. The van der Waals surface area contributed by atoms with Gasteiger partial charge in [0.05, 0.1) is 11.6 Å². The Morgan fingerprint density at radius 2 is 2.40 bits per heavy atom. The molecule has 0 saturated heterocycles. The zero-order valence-corrected chi connectivity index (χ0v) is 10.0. The highest BCUT2D eigenvalue weighted by molar-refractivity contribution is 7.09. The normalized spacial score (nSPS) is 25.0. The van der Waals surface area contributed by atoms with E-state index in [0.29, 0.717) is 0 Å². The second kappa shape index (κ2) is 4.06. The Morgan fingerprint density at radius 3 is 3.00 bits per heavy atom. The first-order valence-electron chi connectivity index (χ1n) is 5.30. The summed E-state index contributed by atoms with van der Waals surface area (Å²) in [5.74, 6) is 0. The molecule has 1 unspecified atom stereocenters. The molecular formula is C12H17NOS. The largest absolute Gasteiger partial charge is 0.389 e. The monoisotopic (exact) mass is 223 g/mol. The molecule has 3 heteroatoms. The van der Waals surface area contributed by atoms with Crippen molar-refractivity contribution in [3.05, 3.63) is 28.2 Å². The number of allylic oxidation sites excluding steroid dienone is 1. The molecule has 1 aliphatic rings. The summed E-state index contributed by atoms with van der Waals surface area (Å²) >= 11 is 1.68. The zero-order valence-electron chi connectivity index (χ0n) is 9.23. The molecule has 15 heavy (non-hydrogen) atoms. The average Bonchev–Trinajstić information content (AvgIpc) is 2.52. The van der Waals surface area contributed by atoms with Crippen LogP contribution < -0.4 is 0 Å². The summed E-state index contributed by atoms with van der Waals surface area (Å²) in [4.78, 5) is 5.36. The van der Waals surface area contributed by atoms with E-state index in [2.05, 4.69) is 18.8 Å². The summed E-state index contributed by atoms with van der Waals surface area (Å²) < 4.78 is 0. The van der Waals surface area contributed by atoms with Gasteiger partial charge >= 0.3 is 0 Å². The molecule has 0 amide bonds. The van der Waals surface area contributed by atoms with Crippen molar-refractivity contribution in [3.63, 3.8) is 0 Å². The lowest BCUT2D eigenvalue weighted by Gasteiger charge is -2.32. The van der Waals surface area contributed by atoms with Crippen LogP contribution >= 0.6 is 11.3 Å². The molecule has 2 rings (SSSR count). The number of aliphatic hydroxyl groups excluding tert-OH is 1. The Hall–Kier alpha value is -0.670. The predicted octanol–water partition coefficient (Wildman–Crippen LogP) is 2.79. The Balaban J connectivity index is 2.09. The minimum absolute atomic E-state index is 0.230. The molecule has 0 fully saturated rings. The van der Waals surface area contributed by atoms with Gasteiger partial charge in [0.2, 0.25) is 0 Å². The molecule has 1 aromatic heterocycles. The van der Waals surface area contributed by atoms with Crippen LogP contribution in [-0.2, 0) is 6.42 Å². The minimum atomic E-state index is -0.267. The van der Waals surface area contributed by atoms with Crippen LogP contribution in [0, 0.1) is 5.41 Å². The Bertz CT molecular complexity index is 354. The van der Waals surface area contributed by atoms with Gasteiger partial charge in [0.25, 0.3) is 0 Å². The maximum absolute atomic E-state index is 9.76. The number of aromatic nitrogens is 1. The molecular weight excluding hydrogens is 206 g/mol. The maximum Gasteiger partial charge on any atom is 0.0794 e. The molecule has 1 atom stereocenters. The molecule has 0 bridgehead atoms. The van der Waals surface area contributed by atoms with Gasteiger partial charge in [-0.05, 0) is 18.3 Å². The smallest absolute Gasteiger partial charge is 0.0794 e. The van der Waals surface area contributed by atoms with Crippen LogP contribution in [0.2, 0.25) is 0 Å². The van der Waals surface area contributed by atoms with E-state index >= 15 is 0 Å². The Labute approximate surface area is 94.7 Å². The number of thiazole rings is 1. The molecule has 1 aromatic rings. The van der Waals surface area contributed by atoms with E-state index in [-0.39, 0.29) is 11.5 Å². The van der Waals surface area contributed by atoms with Crippen molar-refractivity contribution in [2.45, 2.75) is 39.2 Å². The van der Waals surface area contributed by atoms with Crippen LogP contribution in [0.1, 0.15) is 31.6 Å². The van der Waals surface area contributed by atoms with E-state index in [4.69, 9.17) is 0 Å². The summed E-state index contributed by atoms with van der Waals surface area (Å²) in [6.45, 7) is 4.44. The molecule has 2 nitrogen and oxygen atoms in total. The highest BCUT2D eigenvalue weighted by Gasteiger charge is 2.27. The SMILES string of the molecule is CC1(C)CC(Cc2cncs2)=CC(O)C1. The standard InChI is InChI=1S/C12H17NOS/c1-12(2)5-9(3-10(14)6-12)4-11-7-13-8-15-11/h3,7-8,10,14H,4-6H2,1-2H3. The van der Waals surface area contributed by atoms with Crippen molar-refractivity contribution in [1.29, 1.82) is 0 Å². The van der Waals surface area contributed by atoms with Crippen molar-refractivity contribution < 1.29 is 5.11 Å². The first kappa shape index (κ1) is 10.8. The van der Waals surface area contributed by atoms with E-state index in [9.17, 15) is 5.11 Å². The van der Waals surface area contributed by atoms with Crippen molar-refractivity contribution in [2.24, 2.45) is 5.41 Å². The summed E-state index contributed by atoms with van der Waals surface area (Å²) in [5.41, 5.74) is 3.44. The highest BCUT2D eigenvalue weighted by atomic mass is 32.1. The Morgan fingerprint density at radius 1 is 1.60 bits per heavy atom. The molecule has 1 N–H and O–H groups in total. The Kier molecular flexibility index (Phi) is 2.94. The zero-order chi connectivity index (χ0) is 10.9. The van der Waals surface area contributed by atoms with Crippen LogP contribution in [0.5, 0.6) is 0 Å². The lowest BCUT2D eigenvalue weighted by molar-refractivity contribution is 0.138. The summed E-state index contributed by atoms with van der Waals surface area (Å²) in [6, 6.07) is 0. The molecule has 0 aromatic carbocycles. The van der Waals surface area contributed by atoms with E-state index in [1.54, 1.807) is 11.3 Å². The maximum atomic E-state index is 9.76. The molecule has 0 radical (unpaired) electrons. The van der Waals surface area contributed by atoms with Crippen LogP contribution in [0.4, 0.5) is 0 Å². The minimum Gasteiger partial charge on any atom is -0.389 e. The van der Waals surface area contributed by atoms with Crippen LogP contribution in [0.25, 0.3) is 0 Å². The third kappa shape index (κ3) is 2.89. The van der Waals surface area contributed by atoms with Crippen LogP contribution in [0.15, 0.2) is 23.4 Å². The van der Waals surface area contributed by atoms with Gasteiger partial charge in [0.1, 0.15) is 0 Å². The fraction of sp³-hybridized carbons (Fsp3) is 0.583. The third-order valence-electron chi connectivity index (χ3n) is 2.78. The number of rotatable bonds is 2. The number of nitrogens with zero attached hydrogens (tertiary/aromatic N) is 1. The average molecular weight is 223 g/mol. The summed E-state index contributed by atoms with van der Waals surface area (Å²) in [7, 11) is 0. The quantitative estimate of drug-likeness (QED) is 0.782. The van der Waals surface area contributed by atoms with Gasteiger partial charge in [0, 0.05) is 17.5 Å². The van der Waals surface area contributed by atoms with E-state index in [0.717, 1.165) is 19.3 Å². The van der Waals surface area contributed by atoms with E-state index in [1.165, 1.54) is 10.5 Å². The van der Waals surface area contributed by atoms with Gasteiger partial charge < -0.3 is 5.11 Å². The summed E-state index contributed by atoms with van der Waals surface area (Å²) in [6.07, 6.45) is 6.58. The topological polar surface area (TPSA) is 33.1 Å². The summed E-state index contributed by atoms with van der Waals surface area (Å²) in [5, 5.41) is 9.76. The second-order valence-electron chi connectivity index (χ2n) is 5.08. The third-order valence-corrected chi connectivity index (χ3v) is 3.56. The lowest BCUT2D eigenvalue weighted by atomic mass is 9.75. The molecule has 82 valence electrons. The van der Waals surface area contributed by atoms with Gasteiger partial charge in [-0.2, -0.15) is 0 Å². The van der Waals surface area contributed by atoms with Gasteiger partial charge in [-0.3, -0.25) is 4.98 Å². The highest BCUT2D eigenvalue weighted by Crippen LogP contribution is 2.36. The second-order valence-corrected chi connectivity index (χ2v) is 6.05. The van der Waals surface area contributed by atoms with Gasteiger partial charge in [-0.15, -0.1) is 11.3 Å². The van der Waals surface area contributed by atoms with Gasteiger partial charge in [-0.25, -0.2) is 0 Å². The number of hydrogen-bond donors (Lipinski definition) is 1. The van der Waals surface area contributed by atoms with Crippen molar-refractivity contribution >= 4 is 11.3 Å². The van der Waals surface area contributed by atoms with E-state index < -0.39 is 0 Å². The first-order valence-corrected chi connectivity index (χ1v) is 6.18. The lowest BCUT2D eigenvalue weighted by Crippen LogP contribution is -2.25. The predicted molar refractivity (Wildman–Crippen MR) is 62.9 cm³/mol. The molecule has 0 aliphatic heterocycles. The molecule has 0 saturated carbocycles. The van der Waals surface area contributed by atoms with Crippen molar-refractivity contribution in [2.75, 3.05) is 0 Å². The van der Waals surface area contributed by atoms with Gasteiger partial charge in [-0.1, -0.05) is 25.5 Å². The number of aliphatic hydroxyl groups is 1. The van der Waals surface area contributed by atoms with E-state index in [1.807, 2.05) is 17.8 Å². The molecule has 1 aliphatic carbocycles.